The van der Waals surface area contributed by atoms with E-state index in [1.807, 2.05) is 60.8 Å². The van der Waals surface area contributed by atoms with Crippen molar-refractivity contribution in [2.75, 3.05) is 0 Å². The first kappa shape index (κ1) is 22.5. The van der Waals surface area contributed by atoms with E-state index in [0.717, 1.165) is 33.9 Å². The standard InChI is InChI=1S/C29H30N2O2/c32-17-9-14-26(20-25-21-30-28-16-8-7-15-27(25)28)31-29(33)24(18-22-10-3-1-4-11-22)19-23-12-5-2-6-13-23/h1-8,10-13,15-17,21,24,26,30H,9,14,18-20H2,(H,31,33)/t26-/m1/s1. The van der Waals surface area contributed by atoms with Gasteiger partial charge in [-0.15, -0.1) is 0 Å². The number of amides is 1. The molecule has 0 fully saturated rings. The van der Waals surface area contributed by atoms with E-state index in [1.165, 1.54) is 0 Å². The topological polar surface area (TPSA) is 62.0 Å². The summed E-state index contributed by atoms with van der Waals surface area (Å²) in [5.41, 5.74) is 4.53. The molecule has 4 heteroatoms. The molecule has 0 aliphatic carbocycles. The molecule has 0 bridgehead atoms. The van der Waals surface area contributed by atoms with Crippen molar-refractivity contribution in [3.05, 3.63) is 108 Å². The molecule has 0 radical (unpaired) electrons. The summed E-state index contributed by atoms with van der Waals surface area (Å²) in [5, 5.41) is 4.44. The number of carbonyl (C=O) groups excluding carboxylic acids is 2. The molecule has 0 saturated carbocycles. The van der Waals surface area contributed by atoms with E-state index in [4.69, 9.17) is 0 Å². The average molecular weight is 439 g/mol. The molecule has 0 unspecified atom stereocenters. The number of aromatic nitrogens is 1. The smallest absolute Gasteiger partial charge is 0.224 e. The summed E-state index contributed by atoms with van der Waals surface area (Å²) in [6, 6.07) is 28.4. The zero-order chi connectivity index (χ0) is 22.9. The molecule has 1 aromatic heterocycles. The third-order valence-electron chi connectivity index (χ3n) is 6.14. The molecule has 4 nitrogen and oxygen atoms in total. The number of carbonyl (C=O) groups is 2. The van der Waals surface area contributed by atoms with Crippen LogP contribution in [0.3, 0.4) is 0 Å². The van der Waals surface area contributed by atoms with Crippen LogP contribution in [0, 0.1) is 5.92 Å². The van der Waals surface area contributed by atoms with Crippen molar-refractivity contribution in [2.45, 2.75) is 38.1 Å². The van der Waals surface area contributed by atoms with Gasteiger partial charge in [-0.1, -0.05) is 78.9 Å². The van der Waals surface area contributed by atoms with Gasteiger partial charge in [0.25, 0.3) is 0 Å². The first-order valence-electron chi connectivity index (χ1n) is 11.6. The van der Waals surface area contributed by atoms with Crippen LogP contribution in [0.2, 0.25) is 0 Å². The lowest BCUT2D eigenvalue weighted by molar-refractivity contribution is -0.126. The SMILES string of the molecule is O=CCC[C@H](Cc1c[nH]c2ccccc12)NC(=O)C(Cc1ccccc1)Cc1ccccc1. The van der Waals surface area contributed by atoms with Gasteiger partial charge in [0.15, 0.2) is 0 Å². The third-order valence-corrected chi connectivity index (χ3v) is 6.14. The number of aromatic amines is 1. The van der Waals surface area contributed by atoms with Gasteiger partial charge in [0.2, 0.25) is 5.91 Å². The Morgan fingerprint density at radius 3 is 2.06 bits per heavy atom. The summed E-state index contributed by atoms with van der Waals surface area (Å²) in [4.78, 5) is 27.9. The summed E-state index contributed by atoms with van der Waals surface area (Å²) < 4.78 is 0. The van der Waals surface area contributed by atoms with Gasteiger partial charge in [-0.3, -0.25) is 4.79 Å². The molecule has 33 heavy (non-hydrogen) atoms. The second kappa shape index (κ2) is 11.3. The van der Waals surface area contributed by atoms with Crippen molar-refractivity contribution >= 4 is 23.1 Å². The number of nitrogens with one attached hydrogen (secondary N) is 2. The van der Waals surface area contributed by atoms with Crippen LogP contribution in [0.4, 0.5) is 0 Å². The molecule has 168 valence electrons. The predicted molar refractivity (Wildman–Crippen MR) is 133 cm³/mol. The highest BCUT2D eigenvalue weighted by atomic mass is 16.2. The van der Waals surface area contributed by atoms with Crippen molar-refractivity contribution < 1.29 is 9.59 Å². The Labute approximate surface area is 195 Å². The maximum atomic E-state index is 13.5. The summed E-state index contributed by atoms with van der Waals surface area (Å²) in [6.45, 7) is 0. The van der Waals surface area contributed by atoms with Crippen molar-refractivity contribution in [3.8, 4) is 0 Å². The lowest BCUT2D eigenvalue weighted by Crippen LogP contribution is -2.41. The van der Waals surface area contributed by atoms with Crippen LogP contribution in [0.1, 0.15) is 29.5 Å². The van der Waals surface area contributed by atoms with E-state index in [2.05, 4.69) is 40.6 Å². The maximum Gasteiger partial charge on any atom is 0.224 e. The zero-order valence-corrected chi connectivity index (χ0v) is 18.7. The largest absolute Gasteiger partial charge is 0.361 e. The summed E-state index contributed by atoms with van der Waals surface area (Å²) >= 11 is 0. The van der Waals surface area contributed by atoms with Gasteiger partial charge in [-0.25, -0.2) is 0 Å². The molecule has 1 atom stereocenters. The lowest BCUT2D eigenvalue weighted by atomic mass is 9.91. The van der Waals surface area contributed by atoms with Crippen molar-refractivity contribution in [2.24, 2.45) is 5.92 Å². The fraction of sp³-hybridized carbons (Fsp3) is 0.241. The fourth-order valence-corrected chi connectivity index (χ4v) is 4.43. The van der Waals surface area contributed by atoms with Crippen LogP contribution >= 0.6 is 0 Å². The van der Waals surface area contributed by atoms with Crippen LogP contribution in [0.5, 0.6) is 0 Å². The quantitative estimate of drug-likeness (QED) is 0.313. The molecule has 1 amide bonds. The summed E-state index contributed by atoms with van der Waals surface area (Å²) in [5.74, 6) is -0.144. The number of aldehydes is 1. The Bertz CT molecular complexity index is 1130. The highest BCUT2D eigenvalue weighted by Gasteiger charge is 2.23. The summed E-state index contributed by atoms with van der Waals surface area (Å²) in [7, 11) is 0. The monoisotopic (exact) mass is 438 g/mol. The number of hydrogen-bond donors (Lipinski definition) is 2. The van der Waals surface area contributed by atoms with E-state index < -0.39 is 0 Å². The molecule has 1 heterocycles. The number of para-hydroxylation sites is 1. The molecule has 0 aliphatic heterocycles. The number of fused-ring (bicyclic) bond motifs is 1. The van der Waals surface area contributed by atoms with Gasteiger partial charge >= 0.3 is 0 Å². The van der Waals surface area contributed by atoms with Gasteiger partial charge in [-0.2, -0.15) is 0 Å². The van der Waals surface area contributed by atoms with Crippen molar-refractivity contribution in [3.63, 3.8) is 0 Å². The maximum absolute atomic E-state index is 13.5. The Balaban J connectivity index is 1.52. The van der Waals surface area contributed by atoms with Crippen LogP contribution < -0.4 is 5.32 Å². The van der Waals surface area contributed by atoms with Crippen molar-refractivity contribution in [1.29, 1.82) is 0 Å². The minimum absolute atomic E-state index is 0.0402. The minimum atomic E-state index is -0.184. The van der Waals surface area contributed by atoms with Crippen LogP contribution in [0.15, 0.2) is 91.1 Å². The molecule has 2 N–H and O–H groups in total. The first-order chi connectivity index (χ1) is 16.2. The molecular weight excluding hydrogens is 408 g/mol. The molecular formula is C29H30N2O2. The molecule has 3 aromatic carbocycles. The van der Waals surface area contributed by atoms with Gasteiger partial charge in [0.05, 0.1) is 0 Å². The van der Waals surface area contributed by atoms with E-state index in [1.54, 1.807) is 0 Å². The van der Waals surface area contributed by atoms with Gasteiger partial charge < -0.3 is 15.1 Å². The number of benzene rings is 3. The van der Waals surface area contributed by atoms with E-state index >= 15 is 0 Å². The van der Waals surface area contributed by atoms with Gasteiger partial charge in [0.1, 0.15) is 6.29 Å². The highest BCUT2D eigenvalue weighted by Crippen LogP contribution is 2.21. The van der Waals surface area contributed by atoms with Crippen LogP contribution in [-0.4, -0.2) is 23.2 Å². The molecule has 0 spiro atoms. The average Bonchev–Trinajstić information content (AvgIpc) is 3.26. The predicted octanol–water partition coefficient (Wildman–Crippen LogP) is 5.28. The Morgan fingerprint density at radius 1 is 0.818 bits per heavy atom. The number of hydrogen-bond acceptors (Lipinski definition) is 2. The van der Waals surface area contributed by atoms with E-state index in [0.29, 0.717) is 32.1 Å². The minimum Gasteiger partial charge on any atom is -0.361 e. The Kier molecular flexibility index (Phi) is 7.70. The van der Waals surface area contributed by atoms with Crippen LogP contribution in [-0.2, 0) is 28.9 Å². The Morgan fingerprint density at radius 2 is 1.42 bits per heavy atom. The molecule has 4 rings (SSSR count). The normalized spacial score (nSPS) is 12.0. The molecule has 0 saturated heterocycles. The van der Waals surface area contributed by atoms with E-state index in [-0.39, 0.29) is 17.9 Å². The lowest BCUT2D eigenvalue weighted by Gasteiger charge is -2.23. The van der Waals surface area contributed by atoms with E-state index in [9.17, 15) is 9.59 Å². The second-order valence-corrected chi connectivity index (χ2v) is 8.59. The van der Waals surface area contributed by atoms with Crippen molar-refractivity contribution in [1.82, 2.24) is 10.3 Å². The van der Waals surface area contributed by atoms with Gasteiger partial charge in [0, 0.05) is 35.5 Å². The number of rotatable bonds is 11. The Hall–Kier alpha value is -3.66. The van der Waals surface area contributed by atoms with Gasteiger partial charge in [-0.05, 0) is 48.4 Å². The summed E-state index contributed by atoms with van der Waals surface area (Å²) in [6.07, 6.45) is 6.03. The molecule has 4 aromatic rings. The first-order valence-corrected chi connectivity index (χ1v) is 11.6. The second-order valence-electron chi connectivity index (χ2n) is 8.59. The highest BCUT2D eigenvalue weighted by molar-refractivity contribution is 5.83. The molecule has 0 aliphatic rings. The number of H-pyrrole nitrogens is 1. The fourth-order valence-electron chi connectivity index (χ4n) is 4.43. The third kappa shape index (κ3) is 6.19. The zero-order valence-electron chi connectivity index (χ0n) is 18.7. The van der Waals surface area contributed by atoms with Crippen LogP contribution in [0.25, 0.3) is 10.9 Å².